The Kier molecular flexibility index (Phi) is 3.76. The van der Waals surface area contributed by atoms with Gasteiger partial charge in [0.05, 0.1) is 13.7 Å². The van der Waals surface area contributed by atoms with Crippen molar-refractivity contribution in [1.29, 1.82) is 0 Å². The van der Waals surface area contributed by atoms with E-state index in [0.717, 1.165) is 10.3 Å². The van der Waals surface area contributed by atoms with Crippen LogP contribution in [-0.2, 0) is 6.54 Å². The van der Waals surface area contributed by atoms with Crippen LogP contribution in [0, 0.1) is 0 Å². The quantitative estimate of drug-likeness (QED) is 0.890. The third kappa shape index (κ3) is 2.77. The van der Waals surface area contributed by atoms with Crippen molar-refractivity contribution >= 4 is 5.69 Å². The van der Waals surface area contributed by atoms with Crippen molar-refractivity contribution in [2.45, 2.75) is 13.1 Å². The molecule has 0 atom stereocenters. The summed E-state index contributed by atoms with van der Waals surface area (Å²) in [6, 6.07) is 7.25. The number of imidazole rings is 1. The van der Waals surface area contributed by atoms with Crippen molar-refractivity contribution in [2.24, 2.45) is 0 Å². The third-order valence-corrected chi connectivity index (χ3v) is 2.48. The lowest BCUT2D eigenvalue weighted by atomic mass is 10.3. The molecule has 1 heterocycles. The zero-order valence-electron chi connectivity index (χ0n) is 9.81. The summed E-state index contributed by atoms with van der Waals surface area (Å²) in [6.45, 7) is -2.35. The highest BCUT2D eigenvalue weighted by atomic mass is 19.3. The van der Waals surface area contributed by atoms with Crippen LogP contribution in [0.2, 0.25) is 0 Å². The monoisotopic (exact) mass is 253 g/mol. The molecule has 0 saturated heterocycles. The van der Waals surface area contributed by atoms with Gasteiger partial charge in [-0.05, 0) is 12.1 Å². The molecular formula is C12H13F2N3O. The van der Waals surface area contributed by atoms with Crippen LogP contribution in [-0.4, -0.2) is 16.7 Å². The standard InChI is InChI=1S/C12H13F2N3O/c1-18-10-4-2-3-9(7-10)16-8-11-15-5-6-17(11)12(13)14/h2-7,12,16H,8H2,1H3. The Labute approximate surface area is 103 Å². The smallest absolute Gasteiger partial charge is 0.319 e. The van der Waals surface area contributed by atoms with Gasteiger partial charge < -0.3 is 10.1 Å². The van der Waals surface area contributed by atoms with E-state index in [1.54, 1.807) is 13.2 Å². The van der Waals surface area contributed by atoms with E-state index < -0.39 is 6.55 Å². The van der Waals surface area contributed by atoms with Crippen LogP contribution >= 0.6 is 0 Å². The minimum absolute atomic E-state index is 0.227. The van der Waals surface area contributed by atoms with E-state index in [4.69, 9.17) is 4.74 Å². The van der Waals surface area contributed by atoms with Gasteiger partial charge in [-0.15, -0.1) is 0 Å². The molecule has 0 radical (unpaired) electrons. The zero-order chi connectivity index (χ0) is 13.0. The molecule has 0 bridgehead atoms. The van der Waals surface area contributed by atoms with Crippen LogP contribution in [0.3, 0.4) is 0 Å². The molecule has 1 aromatic heterocycles. The minimum Gasteiger partial charge on any atom is -0.497 e. The third-order valence-electron chi connectivity index (χ3n) is 2.48. The van der Waals surface area contributed by atoms with Gasteiger partial charge in [-0.25, -0.2) is 4.98 Å². The molecule has 0 aliphatic rings. The number of aromatic nitrogens is 2. The molecule has 2 rings (SSSR count). The van der Waals surface area contributed by atoms with Crippen LogP contribution in [0.4, 0.5) is 14.5 Å². The number of methoxy groups -OCH3 is 1. The van der Waals surface area contributed by atoms with Crippen molar-refractivity contribution in [2.75, 3.05) is 12.4 Å². The van der Waals surface area contributed by atoms with E-state index in [-0.39, 0.29) is 12.4 Å². The van der Waals surface area contributed by atoms with Gasteiger partial charge in [-0.3, -0.25) is 4.57 Å². The molecule has 4 nitrogen and oxygen atoms in total. The SMILES string of the molecule is COc1cccc(NCc2nccn2C(F)F)c1. The molecule has 0 saturated carbocycles. The number of ether oxygens (including phenoxy) is 1. The largest absolute Gasteiger partial charge is 0.497 e. The number of nitrogens with zero attached hydrogens (tertiary/aromatic N) is 2. The van der Waals surface area contributed by atoms with E-state index in [1.165, 1.54) is 12.4 Å². The Balaban J connectivity index is 2.04. The topological polar surface area (TPSA) is 39.1 Å². The number of anilines is 1. The Morgan fingerprint density at radius 2 is 2.28 bits per heavy atom. The van der Waals surface area contributed by atoms with Gasteiger partial charge in [0.1, 0.15) is 11.6 Å². The molecule has 0 aliphatic carbocycles. The molecule has 0 fully saturated rings. The molecule has 1 N–H and O–H groups in total. The fourth-order valence-corrected chi connectivity index (χ4v) is 1.57. The van der Waals surface area contributed by atoms with Gasteiger partial charge in [-0.1, -0.05) is 6.07 Å². The Morgan fingerprint density at radius 3 is 3.00 bits per heavy atom. The molecule has 96 valence electrons. The number of hydrogen-bond donors (Lipinski definition) is 1. The summed E-state index contributed by atoms with van der Waals surface area (Å²) >= 11 is 0. The lowest BCUT2D eigenvalue weighted by Crippen LogP contribution is -2.09. The summed E-state index contributed by atoms with van der Waals surface area (Å²) in [4.78, 5) is 3.88. The highest BCUT2D eigenvalue weighted by Gasteiger charge is 2.10. The summed E-state index contributed by atoms with van der Waals surface area (Å²) in [6.07, 6.45) is 2.61. The van der Waals surface area contributed by atoms with Gasteiger partial charge in [0.2, 0.25) is 0 Å². The van der Waals surface area contributed by atoms with Crippen molar-refractivity contribution < 1.29 is 13.5 Å². The number of alkyl halides is 2. The van der Waals surface area contributed by atoms with Crippen molar-refractivity contribution in [3.63, 3.8) is 0 Å². The molecule has 0 aliphatic heterocycles. The average molecular weight is 253 g/mol. The highest BCUT2D eigenvalue weighted by molar-refractivity contribution is 5.48. The Hall–Kier alpha value is -2.11. The Bertz CT molecular complexity index is 514. The fraction of sp³-hybridized carbons (Fsp3) is 0.250. The van der Waals surface area contributed by atoms with Crippen LogP contribution in [0.5, 0.6) is 5.75 Å². The maximum absolute atomic E-state index is 12.6. The maximum Gasteiger partial charge on any atom is 0.319 e. The summed E-state index contributed by atoms with van der Waals surface area (Å²) in [5.41, 5.74) is 0.790. The van der Waals surface area contributed by atoms with E-state index in [9.17, 15) is 8.78 Å². The number of benzene rings is 1. The van der Waals surface area contributed by atoms with Crippen molar-refractivity contribution in [3.05, 3.63) is 42.5 Å². The van der Waals surface area contributed by atoms with Gasteiger partial charge in [0.25, 0.3) is 0 Å². The van der Waals surface area contributed by atoms with Crippen LogP contribution in [0.15, 0.2) is 36.7 Å². The first kappa shape index (κ1) is 12.3. The van der Waals surface area contributed by atoms with E-state index in [0.29, 0.717) is 5.75 Å². The van der Waals surface area contributed by atoms with Crippen LogP contribution in [0.1, 0.15) is 12.4 Å². The second-order valence-corrected chi connectivity index (χ2v) is 3.61. The summed E-state index contributed by atoms with van der Waals surface area (Å²) in [7, 11) is 1.57. The van der Waals surface area contributed by atoms with Gasteiger partial charge in [0, 0.05) is 24.1 Å². The normalized spacial score (nSPS) is 10.7. The number of rotatable bonds is 5. The first-order valence-electron chi connectivity index (χ1n) is 5.38. The number of halogens is 2. The molecule has 0 amide bonds. The maximum atomic E-state index is 12.6. The number of hydrogen-bond acceptors (Lipinski definition) is 3. The molecular weight excluding hydrogens is 240 g/mol. The molecule has 18 heavy (non-hydrogen) atoms. The lowest BCUT2D eigenvalue weighted by molar-refractivity contribution is 0.0673. The molecule has 1 aromatic carbocycles. The molecule has 6 heteroatoms. The van der Waals surface area contributed by atoms with Crippen LogP contribution in [0.25, 0.3) is 0 Å². The predicted octanol–water partition coefficient (Wildman–Crippen LogP) is 2.90. The summed E-state index contributed by atoms with van der Waals surface area (Å²) in [5, 5.41) is 3.02. The van der Waals surface area contributed by atoms with E-state index >= 15 is 0 Å². The first-order valence-corrected chi connectivity index (χ1v) is 5.38. The van der Waals surface area contributed by atoms with Crippen LogP contribution < -0.4 is 10.1 Å². The lowest BCUT2D eigenvalue weighted by Gasteiger charge is -2.09. The second-order valence-electron chi connectivity index (χ2n) is 3.61. The van der Waals surface area contributed by atoms with E-state index in [1.807, 2.05) is 18.2 Å². The minimum atomic E-state index is -2.57. The van der Waals surface area contributed by atoms with Gasteiger partial charge in [-0.2, -0.15) is 8.78 Å². The molecule has 2 aromatic rings. The molecule has 0 spiro atoms. The van der Waals surface area contributed by atoms with Crippen molar-refractivity contribution in [1.82, 2.24) is 9.55 Å². The summed E-state index contributed by atoms with van der Waals surface area (Å²) < 4.78 is 31.1. The average Bonchev–Trinajstić information content (AvgIpc) is 2.85. The first-order chi connectivity index (χ1) is 8.70. The fourth-order valence-electron chi connectivity index (χ4n) is 1.57. The highest BCUT2D eigenvalue weighted by Crippen LogP contribution is 2.18. The Morgan fingerprint density at radius 1 is 1.44 bits per heavy atom. The van der Waals surface area contributed by atoms with Crippen molar-refractivity contribution in [3.8, 4) is 5.75 Å². The van der Waals surface area contributed by atoms with E-state index in [2.05, 4.69) is 10.3 Å². The summed E-state index contributed by atoms with van der Waals surface area (Å²) in [5.74, 6) is 0.991. The number of nitrogens with one attached hydrogen (secondary N) is 1. The second kappa shape index (κ2) is 5.48. The molecule has 0 unspecified atom stereocenters. The predicted molar refractivity (Wildman–Crippen MR) is 63.8 cm³/mol. The van der Waals surface area contributed by atoms with Gasteiger partial charge >= 0.3 is 6.55 Å². The zero-order valence-corrected chi connectivity index (χ0v) is 9.81. The van der Waals surface area contributed by atoms with Gasteiger partial charge in [0.15, 0.2) is 0 Å².